The minimum atomic E-state index is -0.162. The van der Waals surface area contributed by atoms with Gasteiger partial charge in [0.05, 0.1) is 23.1 Å². The second-order valence-electron chi connectivity index (χ2n) is 9.53. The first kappa shape index (κ1) is 25.3. The van der Waals surface area contributed by atoms with E-state index in [1.165, 1.54) is 16.6 Å². The second kappa shape index (κ2) is 10.4. The molecule has 3 heterocycles. The summed E-state index contributed by atoms with van der Waals surface area (Å²) >= 11 is 2.88. The Morgan fingerprint density at radius 1 is 1.49 bits per heavy atom. The number of carbonyl (C=O) groups is 1. The number of carbonyl (C=O) groups excluding carboxylic acids is 1. The fourth-order valence-corrected chi connectivity index (χ4v) is 6.59. The predicted molar refractivity (Wildman–Crippen MR) is 141 cm³/mol. The highest BCUT2D eigenvalue weighted by molar-refractivity contribution is 7.99. The highest BCUT2D eigenvalue weighted by Gasteiger charge is 2.34. The number of thiophene rings is 1. The van der Waals surface area contributed by atoms with E-state index in [1.54, 1.807) is 23.7 Å². The maximum atomic E-state index is 12.9. The van der Waals surface area contributed by atoms with Crippen molar-refractivity contribution in [2.45, 2.75) is 65.1 Å². The number of nitrogens with one attached hydrogen (secondary N) is 1. The Morgan fingerprint density at radius 2 is 2.29 bits per heavy atom. The minimum Gasteiger partial charge on any atom is -0.469 e. The highest BCUT2D eigenvalue weighted by Crippen LogP contribution is 2.45. The Hall–Kier alpha value is -2.83. The van der Waals surface area contributed by atoms with Crippen LogP contribution in [0.4, 0.5) is 5.00 Å². The third kappa shape index (κ3) is 5.09. The molecule has 1 amide bonds. The lowest BCUT2D eigenvalue weighted by molar-refractivity contribution is -0.113. The van der Waals surface area contributed by atoms with Crippen molar-refractivity contribution in [3.8, 4) is 17.5 Å². The maximum absolute atomic E-state index is 12.9. The highest BCUT2D eigenvalue weighted by atomic mass is 32.2. The lowest BCUT2D eigenvalue weighted by atomic mass is 9.69. The average Bonchev–Trinajstić information content (AvgIpc) is 3.53. The predicted octanol–water partition coefficient (Wildman–Crippen LogP) is 6.24. The van der Waals surface area contributed by atoms with Crippen LogP contribution >= 0.6 is 23.1 Å². The third-order valence-corrected chi connectivity index (χ3v) is 9.24. The molecule has 1 N–H and O–H groups in total. The van der Waals surface area contributed by atoms with Crippen LogP contribution in [0.2, 0.25) is 0 Å². The van der Waals surface area contributed by atoms with E-state index < -0.39 is 0 Å². The van der Waals surface area contributed by atoms with Crippen molar-refractivity contribution in [1.82, 2.24) is 14.8 Å². The molecule has 1 unspecified atom stereocenters. The number of hydrogen-bond acceptors (Lipinski definition) is 7. The summed E-state index contributed by atoms with van der Waals surface area (Å²) in [5, 5.41) is 22.7. The zero-order valence-corrected chi connectivity index (χ0v) is 22.3. The molecule has 0 fully saturated rings. The Morgan fingerprint density at radius 3 is 2.94 bits per heavy atom. The number of hydrogen-bond donors (Lipinski definition) is 1. The standard InChI is InChI=1S/C26H31N5O2S2/c1-6-11-31-23(18-10-12-33-16(18)3)29-30-25(31)34-15-22(32)28-24-20(14-27)19-9-8-17(13-21(19)35-24)26(4,5)7-2/h6,10,12,17H,1,7-9,11,13,15H2,2-5H3,(H,28,32). The number of aryl methyl sites for hydroxylation is 1. The van der Waals surface area contributed by atoms with Crippen LogP contribution in [0, 0.1) is 29.6 Å². The summed E-state index contributed by atoms with van der Waals surface area (Å²) in [5.41, 5.74) is 2.88. The SMILES string of the molecule is C=CCn1c(SCC(=O)Nc2sc3c(c2C#N)CCC(C(C)(C)CC)C3)nnc1-c1ccoc1C. The number of furan rings is 1. The third-order valence-electron chi connectivity index (χ3n) is 7.11. The first-order chi connectivity index (χ1) is 16.8. The van der Waals surface area contributed by atoms with E-state index in [-0.39, 0.29) is 17.1 Å². The van der Waals surface area contributed by atoms with Gasteiger partial charge in [0, 0.05) is 11.4 Å². The van der Waals surface area contributed by atoms with Crippen LogP contribution in [0.1, 0.15) is 55.4 Å². The van der Waals surface area contributed by atoms with Crippen LogP contribution in [0.5, 0.6) is 0 Å². The molecule has 0 spiro atoms. The molecule has 7 nitrogen and oxygen atoms in total. The molecule has 3 aromatic rings. The number of rotatable bonds is 9. The van der Waals surface area contributed by atoms with Gasteiger partial charge in [-0.25, -0.2) is 0 Å². The van der Waals surface area contributed by atoms with Gasteiger partial charge < -0.3 is 9.73 Å². The van der Waals surface area contributed by atoms with E-state index in [9.17, 15) is 10.1 Å². The topological polar surface area (TPSA) is 96.7 Å². The molecular formula is C26H31N5O2S2. The van der Waals surface area contributed by atoms with Crippen LogP contribution < -0.4 is 5.32 Å². The molecule has 3 aromatic heterocycles. The molecule has 0 saturated heterocycles. The van der Waals surface area contributed by atoms with Crippen molar-refractivity contribution in [3.63, 3.8) is 0 Å². The number of amides is 1. The van der Waals surface area contributed by atoms with Gasteiger partial charge in [-0.15, -0.1) is 28.1 Å². The largest absolute Gasteiger partial charge is 0.469 e. The molecule has 1 atom stereocenters. The normalized spacial score (nSPS) is 15.5. The number of anilines is 1. The van der Waals surface area contributed by atoms with Crippen LogP contribution in [0.15, 0.2) is 34.6 Å². The lowest BCUT2D eigenvalue weighted by Gasteiger charge is -2.36. The van der Waals surface area contributed by atoms with Gasteiger partial charge in [-0.05, 0) is 49.1 Å². The first-order valence-corrected chi connectivity index (χ1v) is 13.6. The summed E-state index contributed by atoms with van der Waals surface area (Å²) in [7, 11) is 0. The molecule has 0 saturated carbocycles. The van der Waals surface area contributed by atoms with E-state index >= 15 is 0 Å². The number of nitriles is 1. The van der Waals surface area contributed by atoms with E-state index in [2.05, 4.69) is 48.9 Å². The van der Waals surface area contributed by atoms with Crippen LogP contribution in [0.3, 0.4) is 0 Å². The van der Waals surface area contributed by atoms with Crippen LogP contribution in [0.25, 0.3) is 11.4 Å². The lowest BCUT2D eigenvalue weighted by Crippen LogP contribution is -2.28. The van der Waals surface area contributed by atoms with Gasteiger partial charge in [0.15, 0.2) is 11.0 Å². The number of fused-ring (bicyclic) bond motifs is 1. The van der Waals surface area contributed by atoms with Gasteiger partial charge >= 0.3 is 0 Å². The molecule has 184 valence electrons. The molecule has 1 aliphatic carbocycles. The molecule has 35 heavy (non-hydrogen) atoms. The molecule has 0 bridgehead atoms. The molecule has 9 heteroatoms. The van der Waals surface area contributed by atoms with E-state index in [0.29, 0.717) is 34.0 Å². The van der Waals surface area contributed by atoms with Crippen molar-refractivity contribution in [3.05, 3.63) is 46.7 Å². The smallest absolute Gasteiger partial charge is 0.235 e. The van der Waals surface area contributed by atoms with Gasteiger partial charge in [-0.3, -0.25) is 9.36 Å². The van der Waals surface area contributed by atoms with E-state index in [1.807, 2.05) is 17.6 Å². The minimum absolute atomic E-state index is 0.162. The first-order valence-electron chi connectivity index (χ1n) is 11.8. The number of thioether (sulfide) groups is 1. The van der Waals surface area contributed by atoms with Crippen molar-refractivity contribution in [2.75, 3.05) is 11.1 Å². The number of nitrogens with zero attached hydrogens (tertiary/aromatic N) is 4. The van der Waals surface area contributed by atoms with E-state index in [4.69, 9.17) is 4.42 Å². The summed E-state index contributed by atoms with van der Waals surface area (Å²) in [6, 6.07) is 4.20. The number of aromatic nitrogens is 3. The number of allylic oxidation sites excluding steroid dienone is 1. The average molecular weight is 510 g/mol. The maximum Gasteiger partial charge on any atom is 0.235 e. The fraction of sp³-hybridized carbons (Fsp3) is 0.462. The summed E-state index contributed by atoms with van der Waals surface area (Å²) < 4.78 is 7.33. The van der Waals surface area contributed by atoms with Crippen LogP contribution in [-0.2, 0) is 24.2 Å². The van der Waals surface area contributed by atoms with Gasteiger partial charge in [0.25, 0.3) is 0 Å². The van der Waals surface area contributed by atoms with Crippen molar-refractivity contribution in [2.24, 2.45) is 11.3 Å². The molecule has 0 aromatic carbocycles. The van der Waals surface area contributed by atoms with Crippen molar-refractivity contribution in [1.29, 1.82) is 5.26 Å². The summed E-state index contributed by atoms with van der Waals surface area (Å²) in [5.74, 6) is 2.03. The quantitative estimate of drug-likeness (QED) is 0.271. The molecule has 0 aliphatic heterocycles. The fourth-order valence-electron chi connectivity index (χ4n) is 4.55. The monoisotopic (exact) mass is 509 g/mol. The van der Waals surface area contributed by atoms with E-state index in [0.717, 1.165) is 42.6 Å². The summed E-state index contributed by atoms with van der Waals surface area (Å²) in [4.78, 5) is 14.1. The van der Waals surface area contributed by atoms with Crippen molar-refractivity contribution >= 4 is 34.0 Å². The van der Waals surface area contributed by atoms with Gasteiger partial charge in [-0.2, -0.15) is 5.26 Å². The molecule has 1 aliphatic rings. The Balaban J connectivity index is 1.47. The zero-order valence-electron chi connectivity index (χ0n) is 20.7. The van der Waals surface area contributed by atoms with Gasteiger partial charge in [0.1, 0.15) is 16.8 Å². The zero-order chi connectivity index (χ0) is 25.2. The Bertz CT molecular complexity index is 1280. The van der Waals surface area contributed by atoms with Crippen LogP contribution in [-0.4, -0.2) is 26.4 Å². The van der Waals surface area contributed by atoms with Gasteiger partial charge in [-0.1, -0.05) is 45.0 Å². The summed E-state index contributed by atoms with van der Waals surface area (Å²) in [6.45, 7) is 13.1. The second-order valence-corrected chi connectivity index (χ2v) is 11.6. The molecule has 4 rings (SSSR count). The Labute approximate surface area is 214 Å². The Kier molecular flexibility index (Phi) is 7.53. The van der Waals surface area contributed by atoms with Gasteiger partial charge in [0.2, 0.25) is 5.91 Å². The molecular weight excluding hydrogens is 478 g/mol. The summed E-state index contributed by atoms with van der Waals surface area (Å²) in [6.07, 6.45) is 7.48. The molecule has 0 radical (unpaired) electrons. The van der Waals surface area contributed by atoms with Crippen molar-refractivity contribution < 1.29 is 9.21 Å².